The second kappa shape index (κ2) is 9.18. The van der Waals surface area contributed by atoms with Crippen LogP contribution in [0.25, 0.3) is 10.8 Å². The Hall–Kier alpha value is -3.50. The summed E-state index contributed by atoms with van der Waals surface area (Å²) < 4.78 is 16.5. The number of ether oxygens (including phenoxy) is 3. The molecule has 0 radical (unpaired) electrons. The first-order chi connectivity index (χ1) is 17.3. The normalized spacial score (nSPS) is 25.7. The lowest BCUT2D eigenvalue weighted by molar-refractivity contribution is 0.0404. The number of esters is 1. The summed E-state index contributed by atoms with van der Waals surface area (Å²) >= 11 is 6.32. The smallest absolute Gasteiger partial charge is 0.343 e. The highest BCUT2D eigenvalue weighted by molar-refractivity contribution is 6.34. The molecule has 0 bridgehead atoms. The summed E-state index contributed by atoms with van der Waals surface area (Å²) in [5.74, 6) is 10.8. The maximum absolute atomic E-state index is 13.2. The molecule has 0 amide bonds. The number of aliphatic hydroxyl groups is 3. The van der Waals surface area contributed by atoms with Gasteiger partial charge in [-0.05, 0) is 35.2 Å². The van der Waals surface area contributed by atoms with Gasteiger partial charge in [0.2, 0.25) is 0 Å². The summed E-state index contributed by atoms with van der Waals surface area (Å²) in [6.45, 7) is -0.916. The van der Waals surface area contributed by atoms with E-state index in [1.165, 1.54) is 19.2 Å². The average molecular weight is 509 g/mol. The predicted octanol–water partition coefficient (Wildman–Crippen LogP) is 1.99. The van der Waals surface area contributed by atoms with E-state index in [0.29, 0.717) is 28.3 Å². The molecule has 3 aliphatic rings. The lowest BCUT2D eigenvalue weighted by Gasteiger charge is -2.16. The fraction of sp³-hybridized carbons (Fsp3) is 0.296. The molecule has 1 saturated heterocycles. The van der Waals surface area contributed by atoms with Crippen LogP contribution in [-0.2, 0) is 16.1 Å². The number of phenolic OH excluding ortho intramolecular Hbond substituents is 1. The van der Waals surface area contributed by atoms with Gasteiger partial charge >= 0.3 is 5.97 Å². The van der Waals surface area contributed by atoms with Gasteiger partial charge in [0.05, 0.1) is 25.3 Å². The number of hydrogen-bond acceptors (Lipinski definition) is 8. The van der Waals surface area contributed by atoms with Crippen molar-refractivity contribution in [2.24, 2.45) is 0 Å². The van der Waals surface area contributed by atoms with E-state index in [1.807, 2.05) is 0 Å². The zero-order chi connectivity index (χ0) is 25.6. The van der Waals surface area contributed by atoms with Crippen molar-refractivity contribution in [3.05, 3.63) is 57.6 Å². The van der Waals surface area contributed by atoms with Crippen molar-refractivity contribution < 1.29 is 39.4 Å². The van der Waals surface area contributed by atoms with E-state index in [1.54, 1.807) is 18.2 Å². The van der Waals surface area contributed by atoms with E-state index in [2.05, 4.69) is 23.7 Å². The third-order valence-corrected chi connectivity index (χ3v) is 6.85. The third kappa shape index (κ3) is 3.90. The molecule has 4 N–H and O–H groups in total. The Morgan fingerprint density at radius 2 is 2.14 bits per heavy atom. The number of carbonyl (C=O) groups excluding carboxylic acids is 1. The van der Waals surface area contributed by atoms with Crippen molar-refractivity contribution in [1.29, 1.82) is 0 Å². The van der Waals surface area contributed by atoms with E-state index in [0.717, 1.165) is 5.57 Å². The predicted molar refractivity (Wildman–Crippen MR) is 129 cm³/mol. The molecule has 2 aliphatic carbocycles. The van der Waals surface area contributed by atoms with Crippen molar-refractivity contribution in [3.63, 3.8) is 0 Å². The van der Waals surface area contributed by atoms with Gasteiger partial charge in [0.15, 0.2) is 11.7 Å². The zero-order valence-electron chi connectivity index (χ0n) is 19.0. The topological polar surface area (TPSA) is 129 Å². The van der Waals surface area contributed by atoms with Crippen molar-refractivity contribution in [1.82, 2.24) is 0 Å². The van der Waals surface area contributed by atoms with Crippen LogP contribution >= 0.6 is 11.6 Å². The van der Waals surface area contributed by atoms with Gasteiger partial charge in [0.1, 0.15) is 29.3 Å². The molecule has 0 saturated carbocycles. The maximum Gasteiger partial charge on any atom is 0.343 e. The van der Waals surface area contributed by atoms with E-state index in [9.17, 15) is 25.2 Å². The number of carbonyl (C=O) groups is 1. The molecule has 2 aromatic carbocycles. The minimum atomic E-state index is -1.25. The summed E-state index contributed by atoms with van der Waals surface area (Å²) in [6.07, 6.45) is 1.15. The number of halogens is 1. The van der Waals surface area contributed by atoms with Crippen molar-refractivity contribution >= 4 is 28.3 Å². The molecule has 0 aromatic heterocycles. The molecule has 1 fully saturated rings. The number of epoxide rings is 1. The van der Waals surface area contributed by atoms with Gasteiger partial charge in [-0.2, -0.15) is 0 Å². The number of allylic oxidation sites excluding steroid dienone is 2. The highest BCUT2D eigenvalue weighted by Crippen LogP contribution is 2.41. The summed E-state index contributed by atoms with van der Waals surface area (Å²) in [4.78, 5) is 13.2. The number of phenols is 1. The van der Waals surface area contributed by atoms with Crippen LogP contribution in [0, 0.1) is 23.7 Å². The van der Waals surface area contributed by atoms with Crippen LogP contribution in [0.5, 0.6) is 11.5 Å². The molecule has 36 heavy (non-hydrogen) atoms. The Balaban J connectivity index is 1.48. The minimum Gasteiger partial charge on any atom is -0.507 e. The average Bonchev–Trinajstić information content (AvgIpc) is 3.43. The van der Waals surface area contributed by atoms with E-state index in [-0.39, 0.29) is 22.1 Å². The quantitative estimate of drug-likeness (QED) is 0.265. The molecule has 2 aromatic rings. The standard InChI is InChI=1S/C27H21ClO8/c1-34-21-11-18-17(19(12-29)25(21)28)5-6-20(31)24(18)26(33)35-16-9-14-3-2-4-23-27(36-23,22(32)13-30)8-7-15(14)10-16/h3,5-6,10-11,16,22-23,29-32H,9,12-13H2,1H3/b14-3-/t16-,22-,23-,27-/m0/s1. The molecular weight excluding hydrogens is 488 g/mol. The highest BCUT2D eigenvalue weighted by Gasteiger charge is 2.60. The maximum atomic E-state index is 13.2. The van der Waals surface area contributed by atoms with Crippen LogP contribution in [0.1, 0.15) is 22.3 Å². The van der Waals surface area contributed by atoms with Crippen molar-refractivity contribution in [2.75, 3.05) is 13.7 Å². The molecule has 0 spiro atoms. The molecule has 1 heterocycles. The zero-order valence-corrected chi connectivity index (χ0v) is 19.8. The van der Waals surface area contributed by atoms with Crippen molar-refractivity contribution in [2.45, 2.75) is 36.9 Å². The Morgan fingerprint density at radius 3 is 2.86 bits per heavy atom. The van der Waals surface area contributed by atoms with Gasteiger partial charge in [0.25, 0.3) is 0 Å². The van der Waals surface area contributed by atoms with Gasteiger partial charge < -0.3 is 34.6 Å². The largest absolute Gasteiger partial charge is 0.507 e. The molecule has 9 heteroatoms. The Bertz CT molecular complexity index is 1470. The highest BCUT2D eigenvalue weighted by atomic mass is 35.5. The number of rotatable bonds is 6. The van der Waals surface area contributed by atoms with Crippen LogP contribution in [0.2, 0.25) is 5.02 Å². The number of benzene rings is 2. The molecule has 8 nitrogen and oxygen atoms in total. The minimum absolute atomic E-state index is 0.0872. The Labute approximate surface area is 211 Å². The molecule has 4 atom stereocenters. The van der Waals surface area contributed by atoms with E-state index >= 15 is 0 Å². The second-order valence-corrected chi connectivity index (χ2v) is 8.89. The van der Waals surface area contributed by atoms with Gasteiger partial charge in [-0.15, -0.1) is 0 Å². The van der Waals surface area contributed by atoms with Crippen LogP contribution in [0.4, 0.5) is 0 Å². The van der Waals surface area contributed by atoms with E-state index < -0.39 is 43.1 Å². The number of fused-ring (bicyclic) bond motifs is 3. The Kier molecular flexibility index (Phi) is 6.17. The van der Waals surface area contributed by atoms with Gasteiger partial charge in [-0.25, -0.2) is 4.79 Å². The van der Waals surface area contributed by atoms with Crippen LogP contribution in [0.3, 0.4) is 0 Å². The van der Waals surface area contributed by atoms with Crippen molar-refractivity contribution in [3.8, 4) is 35.2 Å². The molecule has 1 aliphatic heterocycles. The summed E-state index contributed by atoms with van der Waals surface area (Å²) in [7, 11) is 1.41. The third-order valence-electron chi connectivity index (χ3n) is 6.43. The first-order valence-electron chi connectivity index (χ1n) is 11.1. The number of hydrogen-bond donors (Lipinski definition) is 4. The number of methoxy groups -OCH3 is 1. The van der Waals surface area contributed by atoms with Crippen LogP contribution < -0.4 is 4.74 Å². The van der Waals surface area contributed by atoms with Crippen LogP contribution in [0.15, 0.2) is 41.5 Å². The molecular formula is C27H21ClO8. The fourth-order valence-electron chi connectivity index (χ4n) is 4.44. The van der Waals surface area contributed by atoms with Crippen LogP contribution in [-0.4, -0.2) is 64.0 Å². The Morgan fingerprint density at radius 1 is 1.33 bits per heavy atom. The molecule has 5 rings (SSSR count). The number of aliphatic hydroxyl groups excluding tert-OH is 3. The lowest BCUT2D eigenvalue weighted by atomic mass is 9.98. The van der Waals surface area contributed by atoms with Gasteiger partial charge in [0, 0.05) is 22.9 Å². The number of aromatic hydroxyl groups is 1. The summed E-state index contributed by atoms with van der Waals surface area (Å²) in [5, 5.41) is 40.9. The summed E-state index contributed by atoms with van der Waals surface area (Å²) in [6, 6.07) is 4.41. The summed E-state index contributed by atoms with van der Waals surface area (Å²) in [5.41, 5.74) is 0.342. The van der Waals surface area contributed by atoms with Gasteiger partial charge in [-0.1, -0.05) is 41.3 Å². The fourth-order valence-corrected chi connectivity index (χ4v) is 4.74. The monoisotopic (exact) mass is 508 g/mol. The lowest BCUT2D eigenvalue weighted by Crippen LogP contribution is -2.33. The van der Waals surface area contributed by atoms with E-state index in [4.69, 9.17) is 25.8 Å². The van der Waals surface area contributed by atoms with Gasteiger partial charge in [-0.3, -0.25) is 0 Å². The first-order valence-corrected chi connectivity index (χ1v) is 11.5. The molecule has 184 valence electrons. The second-order valence-electron chi connectivity index (χ2n) is 8.51. The first kappa shape index (κ1) is 24.2. The SMILES string of the molecule is COc1cc2c(C(=O)O[C@@H]3C=C4C#C[C@@]5([C@@H](O)CO)O[C@H]5C#C/C=C\4C3)c(O)ccc2c(CO)c1Cl. The molecule has 0 unspecified atom stereocenters.